The monoisotopic (exact) mass is 256 g/mol. The summed E-state index contributed by atoms with van der Waals surface area (Å²) >= 11 is 0. The van der Waals surface area contributed by atoms with Crippen LogP contribution in [0.4, 0.5) is 0 Å². The summed E-state index contributed by atoms with van der Waals surface area (Å²) in [6, 6.07) is 0. The molecule has 0 spiro atoms. The van der Waals surface area contributed by atoms with Crippen LogP contribution >= 0.6 is 0 Å². The molecule has 0 aliphatic carbocycles. The third-order valence-electron chi connectivity index (χ3n) is 2.24. The summed E-state index contributed by atoms with van der Waals surface area (Å²) in [6.07, 6.45) is 1.52. The number of carbonyl (C=O) groups excluding carboxylic acids is 3. The smallest absolute Gasteiger partial charge is 0.325 e. The molecule has 0 heterocycles. The average Bonchev–Trinajstić information content (AvgIpc) is 2.28. The molecule has 0 saturated carbocycles. The predicted molar refractivity (Wildman–Crippen MR) is 66.7 cm³/mol. The molecule has 6 heteroatoms. The molecular formula is C12H20N2O4. The lowest BCUT2D eigenvalue weighted by atomic mass is 10.4. The standard InChI is InChI=1S/C12H20N2O4/c1-5-7-14(9-12(17)18-6-2)11(16)8-13(4)10(3)15/h5H,1,6-9H2,2-4H3. The van der Waals surface area contributed by atoms with E-state index in [1.54, 1.807) is 6.92 Å². The number of hydrogen-bond donors (Lipinski definition) is 0. The number of carbonyl (C=O) groups is 3. The molecule has 0 unspecified atom stereocenters. The molecule has 0 aliphatic heterocycles. The minimum Gasteiger partial charge on any atom is -0.465 e. The van der Waals surface area contributed by atoms with Gasteiger partial charge in [0.05, 0.1) is 13.2 Å². The van der Waals surface area contributed by atoms with Crippen molar-refractivity contribution in [2.75, 3.05) is 33.3 Å². The number of hydrogen-bond acceptors (Lipinski definition) is 4. The first-order valence-corrected chi connectivity index (χ1v) is 5.68. The second-order valence-electron chi connectivity index (χ2n) is 3.74. The third-order valence-corrected chi connectivity index (χ3v) is 2.24. The lowest BCUT2D eigenvalue weighted by Crippen LogP contribution is -2.43. The van der Waals surface area contributed by atoms with E-state index < -0.39 is 5.97 Å². The highest BCUT2D eigenvalue weighted by Gasteiger charge is 2.18. The van der Waals surface area contributed by atoms with Crippen LogP contribution in [0.3, 0.4) is 0 Å². The van der Waals surface area contributed by atoms with Crippen molar-refractivity contribution in [3.63, 3.8) is 0 Å². The van der Waals surface area contributed by atoms with Crippen LogP contribution in [-0.2, 0) is 19.1 Å². The predicted octanol–water partition coefficient (Wildman–Crippen LogP) is 0.0424. The van der Waals surface area contributed by atoms with E-state index >= 15 is 0 Å². The Morgan fingerprint density at radius 1 is 1.28 bits per heavy atom. The molecule has 0 aromatic carbocycles. The molecule has 18 heavy (non-hydrogen) atoms. The van der Waals surface area contributed by atoms with Crippen LogP contribution in [0.15, 0.2) is 12.7 Å². The van der Waals surface area contributed by atoms with E-state index in [-0.39, 0.29) is 38.1 Å². The fraction of sp³-hybridized carbons (Fsp3) is 0.583. The lowest BCUT2D eigenvalue weighted by Gasteiger charge is -2.23. The Morgan fingerprint density at radius 2 is 1.89 bits per heavy atom. The molecule has 0 atom stereocenters. The maximum atomic E-state index is 11.9. The Hall–Kier alpha value is -1.85. The first-order valence-electron chi connectivity index (χ1n) is 5.68. The van der Waals surface area contributed by atoms with Crippen molar-refractivity contribution < 1.29 is 19.1 Å². The Bertz CT molecular complexity index is 328. The van der Waals surface area contributed by atoms with Crippen molar-refractivity contribution in [2.45, 2.75) is 13.8 Å². The fourth-order valence-electron chi connectivity index (χ4n) is 1.19. The van der Waals surface area contributed by atoms with Gasteiger partial charge in [-0.05, 0) is 6.92 Å². The first kappa shape index (κ1) is 16.1. The number of likely N-dealkylation sites (N-methyl/N-ethyl adjacent to an activating group) is 1. The van der Waals surface area contributed by atoms with Gasteiger partial charge in [0.25, 0.3) is 0 Å². The third kappa shape index (κ3) is 6.03. The SMILES string of the molecule is C=CCN(CC(=O)OCC)C(=O)CN(C)C(C)=O. The Morgan fingerprint density at radius 3 is 2.33 bits per heavy atom. The molecule has 0 saturated heterocycles. The van der Waals surface area contributed by atoms with Crippen LogP contribution in [0, 0.1) is 0 Å². The largest absolute Gasteiger partial charge is 0.465 e. The van der Waals surface area contributed by atoms with Crippen LogP contribution in [0.25, 0.3) is 0 Å². The first-order chi connectivity index (χ1) is 8.42. The van der Waals surface area contributed by atoms with Gasteiger partial charge in [0.1, 0.15) is 6.54 Å². The van der Waals surface area contributed by atoms with Crippen molar-refractivity contribution >= 4 is 17.8 Å². The second-order valence-corrected chi connectivity index (χ2v) is 3.74. The highest BCUT2D eigenvalue weighted by atomic mass is 16.5. The molecule has 0 aliphatic rings. The van der Waals surface area contributed by atoms with E-state index in [1.807, 2.05) is 0 Å². The van der Waals surface area contributed by atoms with E-state index in [0.717, 1.165) is 0 Å². The molecule has 0 rings (SSSR count). The molecule has 0 aromatic rings. The van der Waals surface area contributed by atoms with E-state index in [1.165, 1.54) is 29.8 Å². The zero-order valence-corrected chi connectivity index (χ0v) is 11.1. The Kier molecular flexibility index (Phi) is 7.42. The van der Waals surface area contributed by atoms with Crippen LogP contribution in [0.5, 0.6) is 0 Å². The summed E-state index contributed by atoms with van der Waals surface area (Å²) in [7, 11) is 1.52. The Balaban J connectivity index is 4.48. The number of nitrogens with zero attached hydrogens (tertiary/aromatic N) is 2. The van der Waals surface area contributed by atoms with Crippen LogP contribution in [0.2, 0.25) is 0 Å². The van der Waals surface area contributed by atoms with Gasteiger partial charge >= 0.3 is 5.97 Å². The van der Waals surface area contributed by atoms with E-state index in [4.69, 9.17) is 4.74 Å². The van der Waals surface area contributed by atoms with Crippen molar-refractivity contribution in [3.8, 4) is 0 Å². The van der Waals surface area contributed by atoms with Gasteiger partial charge < -0.3 is 14.5 Å². The van der Waals surface area contributed by atoms with Crippen LogP contribution in [-0.4, -0.2) is 60.9 Å². The highest BCUT2D eigenvalue weighted by Crippen LogP contribution is 1.95. The second kappa shape index (κ2) is 8.27. The van der Waals surface area contributed by atoms with E-state index in [0.29, 0.717) is 0 Å². The van der Waals surface area contributed by atoms with Crippen molar-refractivity contribution in [3.05, 3.63) is 12.7 Å². The maximum absolute atomic E-state index is 11.9. The quantitative estimate of drug-likeness (QED) is 0.476. The van der Waals surface area contributed by atoms with Gasteiger partial charge in [0, 0.05) is 20.5 Å². The average molecular weight is 256 g/mol. The minimum atomic E-state index is -0.474. The summed E-state index contributed by atoms with van der Waals surface area (Å²) in [5.41, 5.74) is 0. The van der Waals surface area contributed by atoms with E-state index in [2.05, 4.69) is 6.58 Å². The van der Waals surface area contributed by atoms with Gasteiger partial charge in [-0.3, -0.25) is 14.4 Å². The molecule has 0 bridgehead atoms. The number of esters is 1. The summed E-state index contributed by atoms with van der Waals surface area (Å²) in [5, 5.41) is 0. The maximum Gasteiger partial charge on any atom is 0.325 e. The molecule has 102 valence electrons. The van der Waals surface area contributed by atoms with Gasteiger partial charge in [0.15, 0.2) is 0 Å². The van der Waals surface area contributed by atoms with Crippen LogP contribution < -0.4 is 0 Å². The highest BCUT2D eigenvalue weighted by molar-refractivity contribution is 5.86. The van der Waals surface area contributed by atoms with Crippen molar-refractivity contribution in [1.82, 2.24) is 9.80 Å². The van der Waals surface area contributed by atoms with Gasteiger partial charge in [-0.2, -0.15) is 0 Å². The zero-order chi connectivity index (χ0) is 14.1. The van der Waals surface area contributed by atoms with Gasteiger partial charge in [-0.25, -0.2) is 0 Å². The molecule has 0 N–H and O–H groups in total. The fourth-order valence-corrected chi connectivity index (χ4v) is 1.19. The van der Waals surface area contributed by atoms with Gasteiger partial charge in [-0.15, -0.1) is 6.58 Å². The summed E-state index contributed by atoms with van der Waals surface area (Å²) in [6.45, 7) is 6.90. The number of ether oxygens (including phenoxy) is 1. The van der Waals surface area contributed by atoms with Crippen LogP contribution in [0.1, 0.15) is 13.8 Å². The lowest BCUT2D eigenvalue weighted by molar-refractivity contribution is -0.149. The summed E-state index contributed by atoms with van der Waals surface area (Å²) in [5.74, 6) is -1.00. The summed E-state index contributed by atoms with van der Waals surface area (Å²) < 4.78 is 4.77. The molecule has 2 amide bonds. The van der Waals surface area contributed by atoms with Gasteiger partial charge in [0.2, 0.25) is 11.8 Å². The van der Waals surface area contributed by atoms with Crippen molar-refractivity contribution in [1.29, 1.82) is 0 Å². The zero-order valence-electron chi connectivity index (χ0n) is 11.1. The minimum absolute atomic E-state index is 0.0669. The molecular weight excluding hydrogens is 236 g/mol. The topological polar surface area (TPSA) is 66.9 Å². The Labute approximate surface area is 107 Å². The van der Waals surface area contributed by atoms with Crippen molar-refractivity contribution in [2.24, 2.45) is 0 Å². The van der Waals surface area contributed by atoms with Gasteiger partial charge in [-0.1, -0.05) is 6.08 Å². The number of amides is 2. The normalized spacial score (nSPS) is 9.50. The summed E-state index contributed by atoms with van der Waals surface area (Å²) in [4.78, 5) is 36.8. The molecule has 0 fully saturated rings. The molecule has 6 nitrogen and oxygen atoms in total. The number of rotatable bonds is 7. The molecule has 0 aromatic heterocycles. The molecule has 0 radical (unpaired) electrons. The van der Waals surface area contributed by atoms with E-state index in [9.17, 15) is 14.4 Å².